The molecule has 2 aliphatic rings. The Balaban J connectivity index is 1.76. The molecule has 2 fully saturated rings. The lowest BCUT2D eigenvalue weighted by molar-refractivity contribution is 0.118. The largest absolute Gasteiger partial charge is 0.330 e. The summed E-state index contributed by atoms with van der Waals surface area (Å²) < 4.78 is 0. The highest BCUT2D eigenvalue weighted by Gasteiger charge is 2.27. The second-order valence-electron chi connectivity index (χ2n) is 6.19. The summed E-state index contributed by atoms with van der Waals surface area (Å²) >= 11 is 0. The molecule has 1 saturated carbocycles. The van der Waals surface area contributed by atoms with Gasteiger partial charge in [-0.1, -0.05) is 26.2 Å². The van der Waals surface area contributed by atoms with E-state index < -0.39 is 0 Å². The zero-order chi connectivity index (χ0) is 12.1. The quantitative estimate of drug-likeness (QED) is 0.816. The highest BCUT2D eigenvalue weighted by atomic mass is 15.1. The molecule has 0 radical (unpaired) electrons. The summed E-state index contributed by atoms with van der Waals surface area (Å²) in [6, 6.07) is 0. The molecule has 2 N–H and O–H groups in total. The van der Waals surface area contributed by atoms with Crippen LogP contribution in [-0.4, -0.2) is 31.1 Å². The number of hydrogen-bond donors (Lipinski definition) is 1. The fourth-order valence-electron chi connectivity index (χ4n) is 3.74. The Morgan fingerprint density at radius 3 is 2.24 bits per heavy atom. The van der Waals surface area contributed by atoms with Crippen molar-refractivity contribution in [1.29, 1.82) is 0 Å². The topological polar surface area (TPSA) is 29.3 Å². The van der Waals surface area contributed by atoms with Gasteiger partial charge in [0.05, 0.1) is 0 Å². The third kappa shape index (κ3) is 3.69. The second kappa shape index (κ2) is 6.75. The summed E-state index contributed by atoms with van der Waals surface area (Å²) in [7, 11) is 0. The highest BCUT2D eigenvalue weighted by molar-refractivity contribution is 4.81. The summed E-state index contributed by atoms with van der Waals surface area (Å²) in [5.41, 5.74) is 5.92. The zero-order valence-corrected chi connectivity index (χ0v) is 11.5. The van der Waals surface area contributed by atoms with Crippen LogP contribution in [0.25, 0.3) is 0 Å². The van der Waals surface area contributed by atoms with Gasteiger partial charge in [-0.3, -0.25) is 0 Å². The minimum absolute atomic E-state index is 0.813. The molecule has 2 unspecified atom stereocenters. The molecule has 0 aromatic rings. The molecule has 0 spiro atoms. The standard InChI is InChI=1S/C15H30N2/c1-2-13-7-9-17(10-8-13)12-15-6-4-3-5-14(15)11-16/h13-15H,2-12,16H2,1H3. The molecule has 1 aliphatic carbocycles. The van der Waals surface area contributed by atoms with E-state index in [2.05, 4.69) is 11.8 Å². The van der Waals surface area contributed by atoms with Crippen LogP contribution in [0.1, 0.15) is 51.9 Å². The van der Waals surface area contributed by atoms with E-state index in [0.717, 1.165) is 24.3 Å². The average molecular weight is 238 g/mol. The zero-order valence-electron chi connectivity index (χ0n) is 11.5. The first-order valence-electron chi connectivity index (χ1n) is 7.76. The van der Waals surface area contributed by atoms with Crippen LogP contribution >= 0.6 is 0 Å². The fraction of sp³-hybridized carbons (Fsp3) is 1.00. The molecule has 1 saturated heterocycles. The van der Waals surface area contributed by atoms with Gasteiger partial charge >= 0.3 is 0 Å². The van der Waals surface area contributed by atoms with Crippen LogP contribution < -0.4 is 5.73 Å². The normalized spacial score (nSPS) is 32.8. The Morgan fingerprint density at radius 1 is 1.00 bits per heavy atom. The van der Waals surface area contributed by atoms with Crippen molar-refractivity contribution in [3.05, 3.63) is 0 Å². The number of rotatable bonds is 4. The van der Waals surface area contributed by atoms with Crippen LogP contribution in [0, 0.1) is 17.8 Å². The van der Waals surface area contributed by atoms with Gasteiger partial charge in [-0.05, 0) is 63.1 Å². The van der Waals surface area contributed by atoms with Crippen LogP contribution in [-0.2, 0) is 0 Å². The van der Waals surface area contributed by atoms with Crippen molar-refractivity contribution in [3.8, 4) is 0 Å². The van der Waals surface area contributed by atoms with Crippen LogP contribution in [0.3, 0.4) is 0 Å². The SMILES string of the molecule is CCC1CCN(CC2CCCCC2CN)CC1. The number of nitrogens with zero attached hydrogens (tertiary/aromatic N) is 1. The molecule has 1 aliphatic heterocycles. The van der Waals surface area contributed by atoms with Gasteiger partial charge in [0.25, 0.3) is 0 Å². The molecule has 2 heteroatoms. The van der Waals surface area contributed by atoms with E-state index in [-0.39, 0.29) is 0 Å². The Hall–Kier alpha value is -0.0800. The van der Waals surface area contributed by atoms with Gasteiger partial charge in [0.1, 0.15) is 0 Å². The third-order valence-corrected chi connectivity index (χ3v) is 5.15. The Bertz CT molecular complexity index is 209. The van der Waals surface area contributed by atoms with Crippen molar-refractivity contribution < 1.29 is 0 Å². The van der Waals surface area contributed by atoms with E-state index in [0.29, 0.717) is 0 Å². The summed E-state index contributed by atoms with van der Waals surface area (Å²) in [6.07, 6.45) is 9.89. The molecule has 2 rings (SSSR count). The minimum atomic E-state index is 0.813. The summed E-state index contributed by atoms with van der Waals surface area (Å²) in [6.45, 7) is 7.26. The molecule has 1 heterocycles. The van der Waals surface area contributed by atoms with Gasteiger partial charge in [-0.25, -0.2) is 0 Å². The van der Waals surface area contributed by atoms with Gasteiger partial charge in [-0.2, -0.15) is 0 Å². The summed E-state index contributed by atoms with van der Waals surface area (Å²) in [4.78, 5) is 2.71. The number of hydrogen-bond acceptors (Lipinski definition) is 2. The number of nitrogens with two attached hydrogens (primary N) is 1. The van der Waals surface area contributed by atoms with E-state index in [4.69, 9.17) is 5.73 Å². The molecular formula is C15H30N2. The monoisotopic (exact) mass is 238 g/mol. The van der Waals surface area contributed by atoms with Crippen LogP contribution in [0.15, 0.2) is 0 Å². The van der Waals surface area contributed by atoms with Crippen molar-refractivity contribution in [2.24, 2.45) is 23.5 Å². The van der Waals surface area contributed by atoms with Gasteiger partial charge in [0.15, 0.2) is 0 Å². The van der Waals surface area contributed by atoms with Crippen LogP contribution in [0.5, 0.6) is 0 Å². The smallest absolute Gasteiger partial charge is 0.00128 e. The van der Waals surface area contributed by atoms with Crippen molar-refractivity contribution in [3.63, 3.8) is 0 Å². The number of likely N-dealkylation sites (tertiary alicyclic amines) is 1. The predicted octanol–water partition coefficient (Wildman–Crippen LogP) is 2.87. The van der Waals surface area contributed by atoms with Crippen molar-refractivity contribution in [2.75, 3.05) is 26.2 Å². The van der Waals surface area contributed by atoms with E-state index in [1.807, 2.05) is 0 Å². The molecule has 0 aromatic carbocycles. The van der Waals surface area contributed by atoms with E-state index in [1.54, 1.807) is 0 Å². The van der Waals surface area contributed by atoms with Crippen molar-refractivity contribution in [1.82, 2.24) is 4.90 Å². The lowest BCUT2D eigenvalue weighted by atomic mass is 9.78. The predicted molar refractivity (Wildman–Crippen MR) is 74.0 cm³/mol. The lowest BCUT2D eigenvalue weighted by Crippen LogP contribution is -2.41. The van der Waals surface area contributed by atoms with E-state index >= 15 is 0 Å². The van der Waals surface area contributed by atoms with Crippen LogP contribution in [0.2, 0.25) is 0 Å². The van der Waals surface area contributed by atoms with E-state index in [9.17, 15) is 0 Å². The lowest BCUT2D eigenvalue weighted by Gasteiger charge is -2.38. The minimum Gasteiger partial charge on any atom is -0.330 e. The van der Waals surface area contributed by atoms with Crippen molar-refractivity contribution in [2.45, 2.75) is 51.9 Å². The first-order valence-corrected chi connectivity index (χ1v) is 7.76. The average Bonchev–Trinajstić information content (AvgIpc) is 2.40. The summed E-state index contributed by atoms with van der Waals surface area (Å²) in [5.74, 6) is 2.71. The Kier molecular flexibility index (Phi) is 5.30. The molecule has 2 nitrogen and oxygen atoms in total. The maximum Gasteiger partial charge on any atom is 0.00128 e. The fourth-order valence-corrected chi connectivity index (χ4v) is 3.74. The first kappa shape index (κ1) is 13.4. The Morgan fingerprint density at radius 2 is 1.65 bits per heavy atom. The molecule has 0 amide bonds. The molecule has 2 atom stereocenters. The first-order chi connectivity index (χ1) is 8.33. The summed E-state index contributed by atoms with van der Waals surface area (Å²) in [5, 5.41) is 0. The molecular weight excluding hydrogens is 208 g/mol. The van der Waals surface area contributed by atoms with Gasteiger partial charge in [0.2, 0.25) is 0 Å². The maximum atomic E-state index is 5.92. The molecule has 0 bridgehead atoms. The molecule has 0 aromatic heterocycles. The van der Waals surface area contributed by atoms with Gasteiger partial charge < -0.3 is 10.6 Å². The Labute approximate surface area is 107 Å². The van der Waals surface area contributed by atoms with Gasteiger partial charge in [-0.15, -0.1) is 0 Å². The number of piperidine rings is 1. The second-order valence-corrected chi connectivity index (χ2v) is 6.19. The van der Waals surface area contributed by atoms with Gasteiger partial charge in [0, 0.05) is 6.54 Å². The third-order valence-electron chi connectivity index (χ3n) is 5.15. The molecule has 100 valence electrons. The molecule has 17 heavy (non-hydrogen) atoms. The maximum absolute atomic E-state index is 5.92. The highest BCUT2D eigenvalue weighted by Crippen LogP contribution is 2.31. The van der Waals surface area contributed by atoms with Crippen LogP contribution in [0.4, 0.5) is 0 Å². The van der Waals surface area contributed by atoms with E-state index in [1.165, 1.54) is 64.6 Å². The van der Waals surface area contributed by atoms with Crippen molar-refractivity contribution >= 4 is 0 Å².